The quantitative estimate of drug-likeness (QED) is 0.666. The Morgan fingerprint density at radius 1 is 1.21 bits per heavy atom. The van der Waals surface area contributed by atoms with Gasteiger partial charge in [-0.2, -0.15) is 0 Å². The Labute approximate surface area is 115 Å². The first-order valence-corrected chi connectivity index (χ1v) is 6.80. The molecular formula is C14H16F2N2S. The molecule has 102 valence electrons. The van der Waals surface area contributed by atoms with Gasteiger partial charge in [-0.1, -0.05) is 6.07 Å². The van der Waals surface area contributed by atoms with E-state index in [1.807, 2.05) is 6.92 Å². The van der Waals surface area contributed by atoms with Crippen LogP contribution in [0.1, 0.15) is 26.9 Å². The van der Waals surface area contributed by atoms with E-state index in [-0.39, 0.29) is 6.04 Å². The fourth-order valence-corrected chi connectivity index (χ4v) is 3.02. The van der Waals surface area contributed by atoms with Crippen molar-refractivity contribution >= 4 is 11.3 Å². The van der Waals surface area contributed by atoms with Crippen LogP contribution in [0.15, 0.2) is 24.3 Å². The SMILES string of the molecule is Cc1cc(C(Cc2ccc(F)c(F)c2)NN)sc1C. The molecule has 1 unspecified atom stereocenters. The zero-order valence-electron chi connectivity index (χ0n) is 10.8. The number of hydrogen-bond donors (Lipinski definition) is 2. The van der Waals surface area contributed by atoms with Crippen LogP contribution in [-0.2, 0) is 6.42 Å². The number of nitrogens with two attached hydrogens (primary N) is 1. The molecule has 1 aromatic carbocycles. The number of thiophene rings is 1. The molecule has 0 aliphatic carbocycles. The van der Waals surface area contributed by atoms with Gasteiger partial charge in [0.15, 0.2) is 11.6 Å². The van der Waals surface area contributed by atoms with Crippen LogP contribution in [0.4, 0.5) is 8.78 Å². The predicted molar refractivity (Wildman–Crippen MR) is 73.9 cm³/mol. The van der Waals surface area contributed by atoms with Crippen LogP contribution in [0, 0.1) is 25.5 Å². The summed E-state index contributed by atoms with van der Waals surface area (Å²) in [6.07, 6.45) is 0.521. The summed E-state index contributed by atoms with van der Waals surface area (Å²) in [6.45, 7) is 4.09. The number of halogens is 2. The normalized spacial score (nSPS) is 12.7. The van der Waals surface area contributed by atoms with Crippen molar-refractivity contribution in [2.45, 2.75) is 26.3 Å². The lowest BCUT2D eigenvalue weighted by atomic mass is 10.0. The molecule has 19 heavy (non-hydrogen) atoms. The molecule has 0 aliphatic heterocycles. The van der Waals surface area contributed by atoms with E-state index < -0.39 is 11.6 Å². The van der Waals surface area contributed by atoms with Gasteiger partial charge in [0.05, 0.1) is 6.04 Å². The monoisotopic (exact) mass is 282 g/mol. The third-order valence-electron chi connectivity index (χ3n) is 3.15. The fraction of sp³-hybridized carbons (Fsp3) is 0.286. The zero-order valence-corrected chi connectivity index (χ0v) is 11.7. The summed E-state index contributed by atoms with van der Waals surface area (Å²) in [5.74, 6) is 3.91. The molecule has 1 atom stereocenters. The van der Waals surface area contributed by atoms with E-state index in [0.29, 0.717) is 12.0 Å². The van der Waals surface area contributed by atoms with Gasteiger partial charge in [0.2, 0.25) is 0 Å². The van der Waals surface area contributed by atoms with Crippen molar-refractivity contribution in [2.24, 2.45) is 5.84 Å². The second kappa shape index (κ2) is 5.77. The van der Waals surface area contributed by atoms with Crippen LogP contribution in [0.2, 0.25) is 0 Å². The first-order chi connectivity index (χ1) is 9.01. The second-order valence-electron chi connectivity index (χ2n) is 4.56. The molecule has 2 nitrogen and oxygen atoms in total. The first-order valence-electron chi connectivity index (χ1n) is 5.98. The Morgan fingerprint density at radius 3 is 2.47 bits per heavy atom. The lowest BCUT2D eigenvalue weighted by Crippen LogP contribution is -2.29. The summed E-state index contributed by atoms with van der Waals surface area (Å²) in [5.41, 5.74) is 4.66. The molecule has 0 aliphatic rings. The van der Waals surface area contributed by atoms with E-state index in [2.05, 4.69) is 18.4 Å². The molecule has 0 spiro atoms. The standard InChI is InChI=1S/C14H16F2N2S/c1-8-5-14(19-9(8)2)13(18-17)7-10-3-4-11(15)12(16)6-10/h3-6,13,18H,7,17H2,1-2H3. The second-order valence-corrected chi connectivity index (χ2v) is 5.85. The maximum Gasteiger partial charge on any atom is 0.159 e. The van der Waals surface area contributed by atoms with Crippen LogP contribution >= 0.6 is 11.3 Å². The maximum atomic E-state index is 13.2. The van der Waals surface area contributed by atoms with Crippen LogP contribution < -0.4 is 11.3 Å². The van der Waals surface area contributed by atoms with E-state index in [1.54, 1.807) is 17.4 Å². The van der Waals surface area contributed by atoms with Gasteiger partial charge in [0.1, 0.15) is 0 Å². The third kappa shape index (κ3) is 3.18. The topological polar surface area (TPSA) is 38.0 Å². The highest BCUT2D eigenvalue weighted by Gasteiger charge is 2.15. The lowest BCUT2D eigenvalue weighted by Gasteiger charge is -2.14. The van der Waals surface area contributed by atoms with Crippen molar-refractivity contribution in [3.8, 4) is 0 Å². The van der Waals surface area contributed by atoms with Gasteiger partial charge in [-0.25, -0.2) is 8.78 Å². The van der Waals surface area contributed by atoms with Crippen LogP contribution in [-0.4, -0.2) is 0 Å². The van der Waals surface area contributed by atoms with Gasteiger partial charge >= 0.3 is 0 Å². The maximum absolute atomic E-state index is 13.2. The molecule has 2 rings (SSSR count). The summed E-state index contributed by atoms with van der Waals surface area (Å²) in [7, 11) is 0. The van der Waals surface area contributed by atoms with Crippen molar-refractivity contribution < 1.29 is 8.78 Å². The molecule has 0 saturated carbocycles. The minimum Gasteiger partial charge on any atom is -0.271 e. The lowest BCUT2D eigenvalue weighted by molar-refractivity contribution is 0.503. The minimum absolute atomic E-state index is 0.0951. The van der Waals surface area contributed by atoms with Crippen molar-refractivity contribution in [3.05, 3.63) is 56.8 Å². The summed E-state index contributed by atoms with van der Waals surface area (Å²) < 4.78 is 26.1. The number of benzene rings is 1. The third-order valence-corrected chi connectivity index (χ3v) is 4.42. The Morgan fingerprint density at radius 2 is 1.95 bits per heavy atom. The van der Waals surface area contributed by atoms with E-state index >= 15 is 0 Å². The Hall–Kier alpha value is -1.30. The fourth-order valence-electron chi connectivity index (χ4n) is 1.92. The van der Waals surface area contributed by atoms with Gasteiger partial charge in [-0.05, 0) is 49.6 Å². The largest absolute Gasteiger partial charge is 0.271 e. The molecule has 0 radical (unpaired) electrons. The van der Waals surface area contributed by atoms with Gasteiger partial charge < -0.3 is 0 Å². The van der Waals surface area contributed by atoms with Crippen molar-refractivity contribution in [2.75, 3.05) is 0 Å². The number of hydrazine groups is 1. The molecule has 0 saturated heterocycles. The smallest absolute Gasteiger partial charge is 0.159 e. The summed E-state index contributed by atoms with van der Waals surface area (Å²) in [5, 5.41) is 0. The summed E-state index contributed by atoms with van der Waals surface area (Å²) in [4.78, 5) is 2.34. The average molecular weight is 282 g/mol. The van der Waals surface area contributed by atoms with Gasteiger partial charge in [-0.15, -0.1) is 11.3 Å². The van der Waals surface area contributed by atoms with E-state index in [1.165, 1.54) is 16.5 Å². The predicted octanol–water partition coefficient (Wildman–Crippen LogP) is 3.39. The van der Waals surface area contributed by atoms with Gasteiger partial charge in [0, 0.05) is 9.75 Å². The Balaban J connectivity index is 2.21. The van der Waals surface area contributed by atoms with E-state index in [9.17, 15) is 8.78 Å². The molecule has 0 amide bonds. The molecule has 3 N–H and O–H groups in total. The molecule has 0 bridgehead atoms. The molecule has 1 heterocycles. The number of hydrogen-bond acceptors (Lipinski definition) is 3. The molecular weight excluding hydrogens is 266 g/mol. The molecule has 1 aromatic heterocycles. The van der Waals surface area contributed by atoms with Crippen molar-refractivity contribution in [1.29, 1.82) is 0 Å². The van der Waals surface area contributed by atoms with E-state index in [4.69, 9.17) is 5.84 Å². The Bertz CT molecular complexity index is 561. The minimum atomic E-state index is -0.830. The molecule has 0 fully saturated rings. The highest BCUT2D eigenvalue weighted by Crippen LogP contribution is 2.28. The van der Waals surface area contributed by atoms with Crippen LogP contribution in [0.5, 0.6) is 0 Å². The summed E-state index contributed by atoms with van der Waals surface area (Å²) >= 11 is 1.66. The summed E-state index contributed by atoms with van der Waals surface area (Å²) in [6, 6.07) is 5.92. The van der Waals surface area contributed by atoms with Gasteiger partial charge in [0.25, 0.3) is 0 Å². The van der Waals surface area contributed by atoms with E-state index in [0.717, 1.165) is 10.9 Å². The number of nitrogens with one attached hydrogen (secondary N) is 1. The molecule has 2 aromatic rings. The molecule has 5 heteroatoms. The Kier molecular flexibility index (Phi) is 4.29. The number of rotatable bonds is 4. The number of aryl methyl sites for hydroxylation is 2. The average Bonchev–Trinajstić information content (AvgIpc) is 2.71. The highest BCUT2D eigenvalue weighted by molar-refractivity contribution is 7.12. The van der Waals surface area contributed by atoms with Crippen molar-refractivity contribution in [1.82, 2.24) is 5.43 Å². The zero-order chi connectivity index (χ0) is 14.0. The highest BCUT2D eigenvalue weighted by atomic mass is 32.1. The van der Waals surface area contributed by atoms with Crippen LogP contribution in [0.25, 0.3) is 0 Å². The first kappa shape index (κ1) is 14.1. The van der Waals surface area contributed by atoms with Crippen molar-refractivity contribution in [3.63, 3.8) is 0 Å². The van der Waals surface area contributed by atoms with Crippen LogP contribution in [0.3, 0.4) is 0 Å². The van der Waals surface area contributed by atoms with Gasteiger partial charge in [-0.3, -0.25) is 11.3 Å².